The highest BCUT2D eigenvalue weighted by Gasteiger charge is 2.37. The Balaban J connectivity index is 0.000000500. The molecule has 0 spiro atoms. The summed E-state index contributed by atoms with van der Waals surface area (Å²) in [6.45, 7) is 1.65. The Bertz CT molecular complexity index is 996. The molecule has 1 aromatic carbocycles. The maximum Gasteiger partial charge on any atom is 0.326 e. The van der Waals surface area contributed by atoms with Gasteiger partial charge in [0.15, 0.2) is 0 Å². The predicted octanol–water partition coefficient (Wildman–Crippen LogP) is 1.34. The van der Waals surface area contributed by atoms with E-state index in [1.54, 1.807) is 37.5 Å². The first-order valence-corrected chi connectivity index (χ1v) is 9.95. The maximum atomic E-state index is 12.2. The molecule has 10 heteroatoms. The van der Waals surface area contributed by atoms with Crippen molar-refractivity contribution in [1.29, 1.82) is 0 Å². The van der Waals surface area contributed by atoms with E-state index in [0.717, 1.165) is 16.0 Å². The third-order valence-electron chi connectivity index (χ3n) is 3.58. The lowest BCUT2D eigenvalue weighted by Crippen LogP contribution is -2.35. The van der Waals surface area contributed by atoms with Crippen molar-refractivity contribution in [2.45, 2.75) is 6.92 Å². The number of ketones is 1. The minimum Gasteiger partial charge on any atom is -0.465 e. The van der Waals surface area contributed by atoms with Gasteiger partial charge in [-0.1, -0.05) is 6.07 Å². The molecule has 0 aliphatic carbocycles. The predicted molar refractivity (Wildman–Crippen MR) is 100 cm³/mol. The quantitative estimate of drug-likeness (QED) is 0.457. The molecule has 1 aromatic heterocycles. The Hall–Kier alpha value is -3.11. The molecule has 0 bridgehead atoms. The molecule has 0 saturated heterocycles. The van der Waals surface area contributed by atoms with E-state index in [1.807, 2.05) is 12.1 Å². The number of ether oxygens (including phenoxy) is 1. The van der Waals surface area contributed by atoms with Crippen LogP contribution in [0, 0.1) is 0 Å². The molecule has 28 heavy (non-hydrogen) atoms. The lowest BCUT2D eigenvalue weighted by atomic mass is 10.0. The SMILES string of the molecule is CCOC(=O)CN1C(=O)C(=O)c2cc(-c3ccncc3)ccc21.CS(=O)(=O)O. The first-order valence-electron chi connectivity index (χ1n) is 8.10. The van der Waals surface area contributed by atoms with Crippen LogP contribution in [0.15, 0.2) is 42.7 Å². The highest BCUT2D eigenvalue weighted by atomic mass is 32.2. The zero-order chi connectivity index (χ0) is 20.9. The van der Waals surface area contributed by atoms with E-state index in [-0.39, 0.29) is 13.2 Å². The van der Waals surface area contributed by atoms with Gasteiger partial charge in [-0.3, -0.25) is 28.8 Å². The second-order valence-corrected chi connectivity index (χ2v) is 7.19. The number of carbonyl (C=O) groups is 3. The van der Waals surface area contributed by atoms with E-state index in [4.69, 9.17) is 9.29 Å². The summed E-state index contributed by atoms with van der Waals surface area (Å²) in [6, 6.07) is 8.78. The number of nitrogens with zero attached hydrogens (tertiary/aromatic N) is 2. The number of hydrogen-bond acceptors (Lipinski definition) is 7. The number of Topliss-reactive ketones (excluding diaryl/α,β-unsaturated/α-hetero) is 1. The summed E-state index contributed by atoms with van der Waals surface area (Å²) in [4.78, 5) is 41.0. The summed E-state index contributed by atoms with van der Waals surface area (Å²) in [5, 5.41) is 0. The van der Waals surface area contributed by atoms with Gasteiger partial charge in [0.1, 0.15) is 6.54 Å². The minimum atomic E-state index is -3.67. The molecule has 1 N–H and O–H groups in total. The molecule has 148 valence electrons. The zero-order valence-electron chi connectivity index (χ0n) is 15.2. The first-order chi connectivity index (χ1) is 13.1. The number of esters is 1. The summed E-state index contributed by atoms with van der Waals surface area (Å²) in [6.07, 6.45) is 4.03. The summed E-state index contributed by atoms with van der Waals surface area (Å²) >= 11 is 0. The Kier molecular flexibility index (Phi) is 6.60. The Morgan fingerprint density at radius 1 is 1.14 bits per heavy atom. The van der Waals surface area contributed by atoms with E-state index in [1.165, 1.54) is 0 Å². The fourth-order valence-corrected chi connectivity index (χ4v) is 2.52. The van der Waals surface area contributed by atoms with Gasteiger partial charge < -0.3 is 4.74 Å². The highest BCUT2D eigenvalue weighted by Crippen LogP contribution is 2.32. The van der Waals surface area contributed by atoms with E-state index in [0.29, 0.717) is 17.5 Å². The van der Waals surface area contributed by atoms with Crippen LogP contribution in [0.1, 0.15) is 17.3 Å². The van der Waals surface area contributed by atoms with Crippen molar-refractivity contribution in [3.05, 3.63) is 48.3 Å². The van der Waals surface area contributed by atoms with Crippen LogP contribution in [0.3, 0.4) is 0 Å². The van der Waals surface area contributed by atoms with Crippen molar-refractivity contribution in [1.82, 2.24) is 4.98 Å². The third kappa shape index (κ3) is 5.44. The average molecular weight is 406 g/mol. The van der Waals surface area contributed by atoms with Crippen molar-refractivity contribution >= 4 is 33.5 Å². The second kappa shape index (κ2) is 8.72. The lowest BCUT2D eigenvalue weighted by Gasteiger charge is -2.15. The molecular weight excluding hydrogens is 388 g/mol. The van der Waals surface area contributed by atoms with Gasteiger partial charge in [-0.05, 0) is 42.3 Å². The van der Waals surface area contributed by atoms with Crippen molar-refractivity contribution in [3.8, 4) is 11.1 Å². The van der Waals surface area contributed by atoms with Gasteiger partial charge in [0.2, 0.25) is 0 Å². The molecule has 1 aliphatic rings. The van der Waals surface area contributed by atoms with Crippen molar-refractivity contribution < 1.29 is 32.1 Å². The largest absolute Gasteiger partial charge is 0.465 e. The summed E-state index contributed by atoms with van der Waals surface area (Å²) in [7, 11) is -3.67. The summed E-state index contributed by atoms with van der Waals surface area (Å²) in [5.41, 5.74) is 2.44. The smallest absolute Gasteiger partial charge is 0.326 e. The van der Waals surface area contributed by atoms with E-state index in [2.05, 4.69) is 4.98 Å². The van der Waals surface area contributed by atoms with E-state index >= 15 is 0 Å². The van der Waals surface area contributed by atoms with Crippen LogP contribution in [0.5, 0.6) is 0 Å². The lowest BCUT2D eigenvalue weighted by molar-refractivity contribution is -0.142. The minimum absolute atomic E-state index is 0.225. The third-order valence-corrected chi connectivity index (χ3v) is 3.58. The molecular formula is C18H18N2O7S. The number of pyridine rings is 1. The topological polar surface area (TPSA) is 131 Å². The Morgan fingerprint density at radius 2 is 1.75 bits per heavy atom. The first kappa shape index (κ1) is 21.2. The number of hydrogen-bond donors (Lipinski definition) is 1. The number of anilines is 1. The number of aromatic nitrogens is 1. The van der Waals surface area contributed by atoms with Crippen LogP contribution in [0.25, 0.3) is 11.1 Å². The molecule has 0 radical (unpaired) electrons. The number of rotatable bonds is 4. The number of benzene rings is 1. The molecule has 2 aromatic rings. The molecule has 0 fully saturated rings. The number of carbonyl (C=O) groups excluding carboxylic acids is 3. The van der Waals surface area contributed by atoms with Crippen LogP contribution in [-0.2, 0) is 24.4 Å². The highest BCUT2D eigenvalue weighted by molar-refractivity contribution is 7.85. The van der Waals surface area contributed by atoms with Gasteiger partial charge in [-0.25, -0.2) is 0 Å². The van der Waals surface area contributed by atoms with Crippen molar-refractivity contribution in [2.24, 2.45) is 0 Å². The monoisotopic (exact) mass is 406 g/mol. The van der Waals surface area contributed by atoms with Gasteiger partial charge in [-0.2, -0.15) is 8.42 Å². The second-order valence-electron chi connectivity index (χ2n) is 5.73. The average Bonchev–Trinajstić information content (AvgIpc) is 2.86. The molecule has 0 saturated carbocycles. The van der Waals surface area contributed by atoms with Crippen LogP contribution < -0.4 is 4.90 Å². The van der Waals surface area contributed by atoms with Crippen LogP contribution in [0.2, 0.25) is 0 Å². The van der Waals surface area contributed by atoms with Crippen LogP contribution in [0.4, 0.5) is 5.69 Å². The normalized spacial score (nSPS) is 12.9. The van der Waals surface area contributed by atoms with Gasteiger partial charge in [-0.15, -0.1) is 0 Å². The summed E-state index contributed by atoms with van der Waals surface area (Å²) in [5.74, 6) is -1.86. The molecule has 2 heterocycles. The Labute approximate surface area is 161 Å². The zero-order valence-corrected chi connectivity index (χ0v) is 16.0. The van der Waals surface area contributed by atoms with Gasteiger partial charge in [0, 0.05) is 12.4 Å². The van der Waals surface area contributed by atoms with Crippen LogP contribution >= 0.6 is 0 Å². The summed E-state index contributed by atoms with van der Waals surface area (Å²) < 4.78 is 30.7. The maximum absolute atomic E-state index is 12.2. The van der Waals surface area contributed by atoms with Gasteiger partial charge in [0.05, 0.1) is 24.1 Å². The molecule has 3 rings (SSSR count). The number of amides is 1. The number of fused-ring (bicyclic) bond motifs is 1. The molecule has 9 nitrogen and oxygen atoms in total. The van der Waals surface area contributed by atoms with Crippen molar-refractivity contribution in [3.63, 3.8) is 0 Å². The molecule has 0 unspecified atom stereocenters. The van der Waals surface area contributed by atoms with E-state index in [9.17, 15) is 22.8 Å². The van der Waals surface area contributed by atoms with Gasteiger partial charge in [0.25, 0.3) is 21.8 Å². The molecule has 1 aliphatic heterocycles. The fourth-order valence-electron chi connectivity index (χ4n) is 2.52. The standard InChI is InChI=1S/C17H14N2O4.CH4O3S/c1-2-23-15(20)10-19-14-4-3-12(11-5-7-18-8-6-11)9-13(14)16(21)17(19)22;1-5(2,3)4/h3-9H,2,10H2,1H3;1H3,(H,2,3,4). The van der Waals surface area contributed by atoms with Crippen LogP contribution in [-0.4, -0.2) is 55.0 Å². The van der Waals surface area contributed by atoms with Gasteiger partial charge >= 0.3 is 5.97 Å². The fraction of sp³-hybridized carbons (Fsp3) is 0.222. The molecule has 0 atom stereocenters. The van der Waals surface area contributed by atoms with E-state index < -0.39 is 27.8 Å². The molecule has 1 amide bonds. The Morgan fingerprint density at radius 3 is 2.32 bits per heavy atom. The van der Waals surface area contributed by atoms with Crippen molar-refractivity contribution in [2.75, 3.05) is 24.3 Å².